The molecule has 9 heteroatoms. The molecule has 1 heterocycles. The molecule has 0 radical (unpaired) electrons. The van der Waals surface area contributed by atoms with Crippen molar-refractivity contribution < 1.29 is 22.1 Å². The highest BCUT2D eigenvalue weighted by Gasteiger charge is 2.15. The second kappa shape index (κ2) is 10.1. The van der Waals surface area contributed by atoms with E-state index in [2.05, 4.69) is 4.98 Å². The van der Waals surface area contributed by atoms with Crippen LogP contribution in [0.1, 0.15) is 0 Å². The lowest BCUT2D eigenvalue weighted by Gasteiger charge is -2.26. The van der Waals surface area contributed by atoms with Gasteiger partial charge in [0, 0.05) is 41.7 Å². The lowest BCUT2D eigenvalue weighted by molar-refractivity contribution is 0.330. The summed E-state index contributed by atoms with van der Waals surface area (Å²) in [5, 5.41) is 0. The number of hydrogen-bond donors (Lipinski definition) is 0. The predicted molar refractivity (Wildman–Crippen MR) is 132 cm³/mol. The Bertz CT molecular complexity index is 1370. The molecule has 0 atom stereocenters. The van der Waals surface area contributed by atoms with Gasteiger partial charge in [0.15, 0.2) is 0 Å². The van der Waals surface area contributed by atoms with Gasteiger partial charge in [0.1, 0.15) is 11.5 Å². The third-order valence-electron chi connectivity index (χ3n) is 5.17. The second-order valence-corrected chi connectivity index (χ2v) is 9.19. The van der Waals surface area contributed by atoms with Crippen LogP contribution in [0.25, 0.3) is 22.3 Å². The highest BCUT2D eigenvalue weighted by atomic mass is 32.2. The van der Waals surface area contributed by atoms with E-state index in [-0.39, 0.29) is 13.2 Å². The molecule has 0 aliphatic heterocycles. The van der Waals surface area contributed by atoms with E-state index in [0.717, 1.165) is 34.4 Å². The number of aromatic nitrogens is 2. The maximum atomic E-state index is 11.5. The fraction of sp³-hybridized carbons (Fsp3) is 0.200. The lowest BCUT2D eigenvalue weighted by atomic mass is 10.1. The zero-order valence-electron chi connectivity index (χ0n) is 19.1. The summed E-state index contributed by atoms with van der Waals surface area (Å²) in [6.07, 6.45) is 2.78. The van der Waals surface area contributed by atoms with Crippen LogP contribution >= 0.6 is 0 Å². The van der Waals surface area contributed by atoms with E-state index in [9.17, 15) is 8.42 Å². The van der Waals surface area contributed by atoms with E-state index in [1.165, 1.54) is 0 Å². The van der Waals surface area contributed by atoms with Gasteiger partial charge in [-0.05, 0) is 18.2 Å². The highest BCUT2D eigenvalue weighted by Crippen LogP contribution is 2.34. The van der Waals surface area contributed by atoms with Gasteiger partial charge in [0.05, 0.1) is 50.0 Å². The third kappa shape index (κ3) is 5.62. The van der Waals surface area contributed by atoms with E-state index in [4.69, 9.17) is 18.6 Å². The quantitative estimate of drug-likeness (QED) is 0.326. The van der Waals surface area contributed by atoms with Gasteiger partial charge >= 0.3 is 0 Å². The number of hydrogen-bond acceptors (Lipinski definition) is 8. The smallest absolute Gasteiger partial charge is 0.264 e. The van der Waals surface area contributed by atoms with E-state index in [0.29, 0.717) is 17.0 Å². The van der Waals surface area contributed by atoms with E-state index in [1.807, 2.05) is 65.6 Å². The van der Waals surface area contributed by atoms with Crippen molar-refractivity contribution in [2.45, 2.75) is 0 Å². The topological polar surface area (TPSA) is 90.8 Å². The molecule has 0 amide bonds. The Morgan fingerprint density at radius 1 is 0.853 bits per heavy atom. The van der Waals surface area contributed by atoms with Crippen LogP contribution in [-0.2, 0) is 14.3 Å². The lowest BCUT2D eigenvalue weighted by Crippen LogP contribution is -2.23. The maximum Gasteiger partial charge on any atom is 0.264 e. The van der Waals surface area contributed by atoms with E-state index < -0.39 is 10.1 Å². The zero-order valence-corrected chi connectivity index (χ0v) is 20.0. The molecule has 0 N–H and O–H groups in total. The summed E-state index contributed by atoms with van der Waals surface area (Å²) in [5.41, 5.74) is 4.74. The van der Waals surface area contributed by atoms with Crippen LogP contribution in [0.2, 0.25) is 0 Å². The van der Waals surface area contributed by atoms with Crippen LogP contribution < -0.4 is 14.4 Å². The number of ether oxygens (including phenoxy) is 2. The Hall–Kier alpha value is -3.69. The molecular weight excluding hydrogens is 454 g/mol. The van der Waals surface area contributed by atoms with Gasteiger partial charge in [-0.15, -0.1) is 0 Å². The van der Waals surface area contributed by atoms with Crippen molar-refractivity contribution in [2.24, 2.45) is 0 Å². The van der Waals surface area contributed by atoms with Gasteiger partial charge in [-0.2, -0.15) is 8.42 Å². The molecule has 34 heavy (non-hydrogen) atoms. The average Bonchev–Trinajstić information content (AvgIpc) is 2.85. The molecule has 0 saturated heterocycles. The van der Waals surface area contributed by atoms with Crippen molar-refractivity contribution in [3.63, 3.8) is 0 Å². The van der Waals surface area contributed by atoms with Gasteiger partial charge in [-0.1, -0.05) is 30.3 Å². The molecule has 0 aliphatic rings. The monoisotopic (exact) mass is 479 g/mol. The summed E-state index contributed by atoms with van der Waals surface area (Å²) in [7, 11) is -0.428. The molecular formula is C25H25N3O5S. The first-order valence-electron chi connectivity index (χ1n) is 10.5. The van der Waals surface area contributed by atoms with Crippen LogP contribution in [-0.4, -0.2) is 52.0 Å². The average molecular weight is 480 g/mol. The molecule has 0 unspecified atom stereocenters. The maximum absolute atomic E-state index is 11.5. The molecule has 0 saturated carbocycles. The Labute approximate surface area is 198 Å². The number of rotatable bonds is 9. The molecule has 4 aromatic rings. The third-order valence-corrected chi connectivity index (χ3v) is 5.76. The first kappa shape index (κ1) is 23.5. The van der Waals surface area contributed by atoms with Crippen LogP contribution in [0.3, 0.4) is 0 Å². The first-order valence-corrected chi connectivity index (χ1v) is 12.4. The Morgan fingerprint density at radius 3 is 2.21 bits per heavy atom. The Balaban J connectivity index is 1.77. The summed E-state index contributed by atoms with van der Waals surface area (Å²) in [6.45, 7) is 0.229. The first-order chi connectivity index (χ1) is 16.4. The summed E-state index contributed by atoms with van der Waals surface area (Å²) < 4.78 is 38.9. The molecule has 176 valence electrons. The summed E-state index contributed by atoms with van der Waals surface area (Å²) >= 11 is 0. The SMILES string of the molecule is COc1cc(OC)cc(N(CCOS(C)(=O)=O)c2ccc3ncc(-c4ccccc4)nc3c2)c1. The van der Waals surface area contributed by atoms with Crippen molar-refractivity contribution in [2.75, 3.05) is 38.5 Å². The van der Waals surface area contributed by atoms with Crippen molar-refractivity contribution in [1.29, 1.82) is 0 Å². The van der Waals surface area contributed by atoms with Crippen LogP contribution in [0.15, 0.2) is 72.9 Å². The number of nitrogens with zero attached hydrogens (tertiary/aromatic N) is 3. The van der Waals surface area contributed by atoms with Gasteiger partial charge in [0.25, 0.3) is 10.1 Å². The number of benzene rings is 3. The van der Waals surface area contributed by atoms with Crippen LogP contribution in [0, 0.1) is 0 Å². The summed E-state index contributed by atoms with van der Waals surface area (Å²) in [6, 6.07) is 21.0. The second-order valence-electron chi connectivity index (χ2n) is 7.54. The Kier molecular flexibility index (Phi) is 6.95. The minimum atomic E-state index is -3.58. The van der Waals surface area contributed by atoms with Gasteiger partial charge in [0.2, 0.25) is 0 Å². The normalized spacial score (nSPS) is 11.4. The number of methoxy groups -OCH3 is 2. The molecule has 0 spiro atoms. The molecule has 0 aliphatic carbocycles. The zero-order chi connectivity index (χ0) is 24.1. The summed E-state index contributed by atoms with van der Waals surface area (Å²) in [4.78, 5) is 11.3. The summed E-state index contributed by atoms with van der Waals surface area (Å²) in [5.74, 6) is 1.21. The van der Waals surface area contributed by atoms with Crippen molar-refractivity contribution in [3.05, 3.63) is 72.9 Å². The minimum Gasteiger partial charge on any atom is -0.497 e. The fourth-order valence-corrected chi connectivity index (χ4v) is 3.93. The van der Waals surface area contributed by atoms with Crippen molar-refractivity contribution in [1.82, 2.24) is 9.97 Å². The van der Waals surface area contributed by atoms with E-state index in [1.54, 1.807) is 26.5 Å². The molecule has 4 rings (SSSR count). The van der Waals surface area contributed by atoms with Gasteiger partial charge in [-0.25, -0.2) is 4.98 Å². The van der Waals surface area contributed by atoms with Gasteiger partial charge < -0.3 is 14.4 Å². The van der Waals surface area contributed by atoms with Crippen LogP contribution in [0.5, 0.6) is 11.5 Å². The fourth-order valence-electron chi connectivity index (χ4n) is 3.55. The minimum absolute atomic E-state index is 0.0356. The Morgan fingerprint density at radius 2 is 1.56 bits per heavy atom. The number of fused-ring (bicyclic) bond motifs is 1. The van der Waals surface area contributed by atoms with Crippen LogP contribution in [0.4, 0.5) is 11.4 Å². The molecule has 0 fully saturated rings. The molecule has 1 aromatic heterocycles. The van der Waals surface area contributed by atoms with Gasteiger partial charge in [-0.3, -0.25) is 9.17 Å². The molecule has 3 aromatic carbocycles. The van der Waals surface area contributed by atoms with Crippen molar-refractivity contribution in [3.8, 4) is 22.8 Å². The van der Waals surface area contributed by atoms with Crippen molar-refractivity contribution >= 4 is 32.5 Å². The number of anilines is 2. The molecule has 8 nitrogen and oxygen atoms in total. The standard InChI is InChI=1S/C25H25N3O5S/c1-31-21-13-20(14-22(16-21)32-2)28(11-12-33-34(3,29)30)19-9-10-23-24(15-19)27-25(17-26-23)18-7-5-4-6-8-18/h4-10,13-17H,11-12H2,1-3H3. The molecule has 0 bridgehead atoms. The highest BCUT2D eigenvalue weighted by molar-refractivity contribution is 7.85. The largest absolute Gasteiger partial charge is 0.497 e. The van der Waals surface area contributed by atoms with E-state index >= 15 is 0 Å². The predicted octanol–water partition coefficient (Wildman–Crippen LogP) is 4.43.